The Bertz CT molecular complexity index is 658. The van der Waals surface area contributed by atoms with Gasteiger partial charge in [0.1, 0.15) is 5.75 Å². The second kappa shape index (κ2) is 6.75. The van der Waals surface area contributed by atoms with Crippen molar-refractivity contribution in [1.29, 1.82) is 0 Å². The molecular formula is C15H14INO4. The van der Waals surface area contributed by atoms with Gasteiger partial charge in [-0.05, 0) is 60.7 Å². The molecule has 0 spiro atoms. The minimum atomic E-state index is -0.483. The Morgan fingerprint density at radius 3 is 2.29 bits per heavy atom. The number of nitro benzene ring substituents is 1. The van der Waals surface area contributed by atoms with Crippen LogP contribution in [0, 0.1) is 13.7 Å². The molecule has 0 atom stereocenters. The van der Waals surface area contributed by atoms with Crippen LogP contribution in [0.15, 0.2) is 42.5 Å². The van der Waals surface area contributed by atoms with Gasteiger partial charge in [-0.3, -0.25) is 10.1 Å². The molecule has 0 aliphatic rings. The molecule has 0 aliphatic heterocycles. The fourth-order valence-corrected chi connectivity index (χ4v) is 2.26. The van der Waals surface area contributed by atoms with Crippen LogP contribution in [0.3, 0.4) is 0 Å². The molecule has 0 saturated carbocycles. The van der Waals surface area contributed by atoms with Crippen molar-refractivity contribution < 1.29 is 14.4 Å². The summed E-state index contributed by atoms with van der Waals surface area (Å²) in [6, 6.07) is 12.1. The number of benzene rings is 2. The third kappa shape index (κ3) is 3.84. The first-order valence-corrected chi connectivity index (χ1v) is 7.43. The first-order chi connectivity index (χ1) is 9.99. The normalized spacial score (nSPS) is 10.5. The Morgan fingerprint density at radius 2 is 1.67 bits per heavy atom. The van der Waals surface area contributed by atoms with E-state index in [0.717, 1.165) is 3.57 Å². The smallest absolute Gasteiger partial charge is 0.352 e. The van der Waals surface area contributed by atoms with Gasteiger partial charge in [0.2, 0.25) is 11.5 Å². The lowest BCUT2D eigenvalue weighted by molar-refractivity contribution is -0.386. The number of para-hydroxylation sites is 2. The summed E-state index contributed by atoms with van der Waals surface area (Å²) in [5.41, 5.74) is -0.161. The van der Waals surface area contributed by atoms with E-state index >= 15 is 0 Å². The zero-order valence-electron chi connectivity index (χ0n) is 11.6. The van der Waals surface area contributed by atoms with Gasteiger partial charge in [-0.1, -0.05) is 18.2 Å². The molecule has 0 bridgehead atoms. The van der Waals surface area contributed by atoms with Gasteiger partial charge >= 0.3 is 5.69 Å². The SMILES string of the molecule is CC(C)Oc1cccc(Oc2ccccc2I)c1[N+](=O)[O-]. The Kier molecular flexibility index (Phi) is 5.00. The summed E-state index contributed by atoms with van der Waals surface area (Å²) in [6.07, 6.45) is -0.157. The van der Waals surface area contributed by atoms with Gasteiger partial charge in [-0.2, -0.15) is 0 Å². The standard InChI is InChI=1S/C15H14INO4/c1-10(2)20-13-8-5-9-14(15(13)17(18)19)21-12-7-4-3-6-11(12)16/h3-10H,1-2H3. The van der Waals surface area contributed by atoms with Crippen LogP contribution < -0.4 is 9.47 Å². The third-order valence-corrected chi connectivity index (χ3v) is 3.45. The molecule has 2 aromatic carbocycles. The van der Waals surface area contributed by atoms with Crippen LogP contribution >= 0.6 is 22.6 Å². The van der Waals surface area contributed by atoms with Crippen LogP contribution in [0.1, 0.15) is 13.8 Å². The Labute approximate surface area is 136 Å². The molecular weight excluding hydrogens is 385 g/mol. The van der Waals surface area contributed by atoms with Gasteiger partial charge in [-0.25, -0.2) is 0 Å². The number of rotatable bonds is 5. The lowest BCUT2D eigenvalue weighted by Crippen LogP contribution is -2.08. The highest BCUT2D eigenvalue weighted by molar-refractivity contribution is 14.1. The minimum Gasteiger partial charge on any atom is -0.484 e. The van der Waals surface area contributed by atoms with Gasteiger partial charge < -0.3 is 9.47 Å². The van der Waals surface area contributed by atoms with E-state index in [4.69, 9.17) is 9.47 Å². The zero-order chi connectivity index (χ0) is 15.4. The summed E-state index contributed by atoms with van der Waals surface area (Å²) >= 11 is 2.12. The van der Waals surface area contributed by atoms with Gasteiger partial charge in [0.05, 0.1) is 14.6 Å². The molecule has 110 valence electrons. The largest absolute Gasteiger partial charge is 0.484 e. The quantitative estimate of drug-likeness (QED) is 0.413. The number of nitro groups is 1. The first kappa shape index (κ1) is 15.6. The highest BCUT2D eigenvalue weighted by atomic mass is 127. The van der Waals surface area contributed by atoms with E-state index in [0.29, 0.717) is 5.75 Å². The maximum absolute atomic E-state index is 11.3. The second-order valence-electron chi connectivity index (χ2n) is 4.56. The van der Waals surface area contributed by atoms with Crippen molar-refractivity contribution in [2.75, 3.05) is 0 Å². The molecule has 2 rings (SSSR count). The highest BCUT2D eigenvalue weighted by Crippen LogP contribution is 2.40. The fraction of sp³-hybridized carbons (Fsp3) is 0.200. The highest BCUT2D eigenvalue weighted by Gasteiger charge is 2.24. The average molecular weight is 399 g/mol. The molecule has 0 radical (unpaired) electrons. The van der Waals surface area contributed by atoms with E-state index in [9.17, 15) is 10.1 Å². The molecule has 21 heavy (non-hydrogen) atoms. The number of hydrogen-bond donors (Lipinski definition) is 0. The molecule has 0 unspecified atom stereocenters. The van der Waals surface area contributed by atoms with E-state index in [2.05, 4.69) is 22.6 Å². The van der Waals surface area contributed by atoms with E-state index in [1.165, 1.54) is 0 Å². The fourth-order valence-electron chi connectivity index (χ4n) is 1.76. The summed E-state index contributed by atoms with van der Waals surface area (Å²) in [5, 5.41) is 11.3. The maximum atomic E-state index is 11.3. The number of halogens is 1. The van der Waals surface area contributed by atoms with Crippen LogP contribution in [-0.2, 0) is 0 Å². The monoisotopic (exact) mass is 399 g/mol. The predicted molar refractivity (Wildman–Crippen MR) is 88.1 cm³/mol. The topological polar surface area (TPSA) is 61.6 Å². The van der Waals surface area contributed by atoms with Crippen LogP contribution in [0.5, 0.6) is 17.2 Å². The van der Waals surface area contributed by atoms with Crippen LogP contribution in [0.2, 0.25) is 0 Å². The van der Waals surface area contributed by atoms with Crippen LogP contribution in [0.25, 0.3) is 0 Å². The summed E-state index contributed by atoms with van der Waals surface area (Å²) in [4.78, 5) is 10.9. The van der Waals surface area contributed by atoms with Gasteiger partial charge in [0, 0.05) is 0 Å². The third-order valence-electron chi connectivity index (χ3n) is 2.56. The molecule has 5 nitrogen and oxygen atoms in total. The second-order valence-corrected chi connectivity index (χ2v) is 5.72. The van der Waals surface area contributed by atoms with Crippen molar-refractivity contribution in [2.24, 2.45) is 0 Å². The average Bonchev–Trinajstić information content (AvgIpc) is 2.40. The number of hydrogen-bond acceptors (Lipinski definition) is 4. The van der Waals surface area contributed by atoms with Gasteiger partial charge in [-0.15, -0.1) is 0 Å². The van der Waals surface area contributed by atoms with E-state index in [-0.39, 0.29) is 23.3 Å². The van der Waals surface area contributed by atoms with Crippen molar-refractivity contribution in [3.8, 4) is 17.2 Å². The zero-order valence-corrected chi connectivity index (χ0v) is 13.7. The van der Waals surface area contributed by atoms with Gasteiger partial charge in [0.25, 0.3) is 0 Å². The molecule has 6 heteroatoms. The Hall–Kier alpha value is -1.83. The van der Waals surface area contributed by atoms with Crippen molar-refractivity contribution in [1.82, 2.24) is 0 Å². The summed E-state index contributed by atoms with van der Waals surface area (Å²) < 4.78 is 12.1. The predicted octanol–water partition coefficient (Wildman–Crippen LogP) is 4.78. The van der Waals surface area contributed by atoms with Gasteiger partial charge in [0.15, 0.2) is 0 Å². The van der Waals surface area contributed by atoms with E-state index in [1.807, 2.05) is 32.0 Å². The lowest BCUT2D eigenvalue weighted by Gasteiger charge is -2.13. The van der Waals surface area contributed by atoms with Crippen LogP contribution in [0.4, 0.5) is 5.69 Å². The van der Waals surface area contributed by atoms with Crippen molar-refractivity contribution in [2.45, 2.75) is 20.0 Å². The molecule has 0 amide bonds. The first-order valence-electron chi connectivity index (χ1n) is 6.35. The van der Waals surface area contributed by atoms with Crippen molar-refractivity contribution in [3.05, 3.63) is 56.1 Å². The van der Waals surface area contributed by atoms with Crippen LogP contribution in [-0.4, -0.2) is 11.0 Å². The van der Waals surface area contributed by atoms with Crippen molar-refractivity contribution >= 4 is 28.3 Å². The molecule has 2 aromatic rings. The summed E-state index contributed by atoms with van der Waals surface area (Å²) in [5.74, 6) is 0.948. The molecule has 0 saturated heterocycles. The Morgan fingerprint density at radius 1 is 1.05 bits per heavy atom. The molecule has 0 fully saturated rings. The number of nitrogens with zero attached hydrogens (tertiary/aromatic N) is 1. The Balaban J connectivity index is 2.44. The molecule has 0 heterocycles. The minimum absolute atomic E-state index is 0.157. The summed E-state index contributed by atoms with van der Waals surface area (Å²) in [7, 11) is 0. The maximum Gasteiger partial charge on any atom is 0.352 e. The molecule has 0 N–H and O–H groups in total. The summed E-state index contributed by atoms with van der Waals surface area (Å²) in [6.45, 7) is 3.63. The van der Waals surface area contributed by atoms with E-state index in [1.54, 1.807) is 24.3 Å². The number of ether oxygens (including phenoxy) is 2. The van der Waals surface area contributed by atoms with Crippen molar-refractivity contribution in [3.63, 3.8) is 0 Å². The molecule has 0 aromatic heterocycles. The molecule has 0 aliphatic carbocycles. The lowest BCUT2D eigenvalue weighted by atomic mass is 10.2. The van der Waals surface area contributed by atoms with E-state index < -0.39 is 4.92 Å².